The minimum atomic E-state index is -0.00889. The lowest BCUT2D eigenvalue weighted by molar-refractivity contribution is 0.0884. The molecule has 1 aliphatic carbocycles. The van der Waals surface area contributed by atoms with Gasteiger partial charge in [-0.15, -0.1) is 0 Å². The Hall–Kier alpha value is -1.41. The van der Waals surface area contributed by atoms with E-state index in [0.717, 1.165) is 34.8 Å². The molecule has 1 aliphatic rings. The van der Waals surface area contributed by atoms with E-state index >= 15 is 0 Å². The highest BCUT2D eigenvalue weighted by Gasteiger charge is 2.25. The molecule has 1 saturated carbocycles. The van der Waals surface area contributed by atoms with Gasteiger partial charge in [0.25, 0.3) is 5.91 Å². The predicted molar refractivity (Wildman–Crippen MR) is 100 cm³/mol. The molecule has 1 aromatic heterocycles. The number of amides is 1. The van der Waals surface area contributed by atoms with E-state index in [1.165, 1.54) is 12.4 Å². The minimum absolute atomic E-state index is 0.00889. The van der Waals surface area contributed by atoms with Gasteiger partial charge in [0.2, 0.25) is 0 Å². The number of carbonyl (C=O) groups excluding carboxylic acids is 1. The Bertz CT molecular complexity index is 703. The smallest absolute Gasteiger partial charge is 0.316 e. The van der Waals surface area contributed by atoms with E-state index in [1.807, 2.05) is 24.3 Å². The van der Waals surface area contributed by atoms with Gasteiger partial charge in [-0.1, -0.05) is 23.7 Å². The third kappa shape index (κ3) is 4.57. The first-order valence-electron chi connectivity index (χ1n) is 7.81. The number of hydrogen-bond acceptors (Lipinski definition) is 4. The number of nitrogens with zero attached hydrogens (tertiary/aromatic N) is 2. The summed E-state index contributed by atoms with van der Waals surface area (Å²) in [6, 6.07) is 8.13. The van der Waals surface area contributed by atoms with Crippen LogP contribution in [-0.4, -0.2) is 28.0 Å². The third-order valence-electron chi connectivity index (χ3n) is 4.00. The van der Waals surface area contributed by atoms with Crippen molar-refractivity contribution in [3.63, 3.8) is 0 Å². The molecule has 1 N–H and O–H groups in total. The summed E-state index contributed by atoms with van der Waals surface area (Å²) in [6.07, 6.45) is 6.62. The van der Waals surface area contributed by atoms with Gasteiger partial charge in [0.05, 0.1) is 23.0 Å². The fourth-order valence-corrected chi connectivity index (χ4v) is 3.47. The molecule has 1 aromatic carbocycles. The number of aromatic nitrogens is 2. The molecule has 1 amide bonds. The Labute approximate surface area is 159 Å². The van der Waals surface area contributed by atoms with E-state index in [0.29, 0.717) is 11.0 Å². The lowest BCUT2D eigenvalue weighted by Gasteiger charge is -2.29. The van der Waals surface area contributed by atoms with Crippen molar-refractivity contribution in [3.8, 4) is 6.01 Å². The second kappa shape index (κ2) is 8.11. The van der Waals surface area contributed by atoms with Crippen LogP contribution < -0.4 is 10.1 Å². The van der Waals surface area contributed by atoms with Crippen molar-refractivity contribution in [2.24, 2.45) is 0 Å². The summed E-state index contributed by atoms with van der Waals surface area (Å²) in [5.74, 6) is -0.00889. The van der Waals surface area contributed by atoms with Crippen LogP contribution in [0.15, 0.2) is 36.7 Å². The molecule has 1 fully saturated rings. The maximum Gasteiger partial charge on any atom is 0.316 e. The van der Waals surface area contributed by atoms with Crippen molar-refractivity contribution in [1.29, 1.82) is 0 Å². The van der Waals surface area contributed by atoms with E-state index in [4.69, 9.17) is 16.3 Å². The van der Waals surface area contributed by atoms with Crippen LogP contribution in [0.3, 0.4) is 0 Å². The number of carbonyl (C=O) groups is 1. The molecule has 7 heteroatoms. The molecule has 5 nitrogen and oxygen atoms in total. The molecular formula is C17H17ClIN3O2. The van der Waals surface area contributed by atoms with Gasteiger partial charge in [0.1, 0.15) is 6.10 Å². The second-order valence-electron chi connectivity index (χ2n) is 5.73. The SMILES string of the molecule is O=C(NC1CCC(Oc2ncc(Cl)cn2)CC1)c1ccccc1I. The van der Waals surface area contributed by atoms with E-state index < -0.39 is 0 Å². The molecule has 0 bridgehead atoms. The quantitative estimate of drug-likeness (QED) is 0.708. The zero-order valence-corrected chi connectivity index (χ0v) is 15.8. The average molecular weight is 458 g/mol. The van der Waals surface area contributed by atoms with Gasteiger partial charge in [0, 0.05) is 9.61 Å². The molecule has 0 saturated heterocycles. The Balaban J connectivity index is 1.49. The van der Waals surface area contributed by atoms with Crippen molar-refractivity contribution in [2.75, 3.05) is 0 Å². The third-order valence-corrected chi connectivity index (χ3v) is 5.13. The van der Waals surface area contributed by atoms with Gasteiger partial charge < -0.3 is 10.1 Å². The lowest BCUT2D eigenvalue weighted by atomic mass is 9.92. The maximum atomic E-state index is 12.4. The molecule has 24 heavy (non-hydrogen) atoms. The maximum absolute atomic E-state index is 12.4. The number of halogens is 2. The number of hydrogen-bond donors (Lipinski definition) is 1. The summed E-state index contributed by atoms with van der Waals surface area (Å²) in [5, 5.41) is 3.61. The normalized spacial score (nSPS) is 20.4. The highest BCUT2D eigenvalue weighted by Crippen LogP contribution is 2.23. The first kappa shape index (κ1) is 17.4. The van der Waals surface area contributed by atoms with Crippen LogP contribution >= 0.6 is 34.2 Å². The first-order chi connectivity index (χ1) is 11.6. The van der Waals surface area contributed by atoms with E-state index in [2.05, 4.69) is 37.9 Å². The van der Waals surface area contributed by atoms with Gasteiger partial charge in [-0.3, -0.25) is 4.79 Å². The van der Waals surface area contributed by atoms with E-state index in [9.17, 15) is 4.79 Å². The highest BCUT2D eigenvalue weighted by atomic mass is 127. The molecule has 3 rings (SSSR count). The van der Waals surface area contributed by atoms with Gasteiger partial charge >= 0.3 is 6.01 Å². The number of nitrogens with one attached hydrogen (secondary N) is 1. The van der Waals surface area contributed by atoms with Gasteiger partial charge in [-0.25, -0.2) is 9.97 Å². The summed E-state index contributed by atoms with van der Waals surface area (Å²) in [4.78, 5) is 20.5. The number of rotatable bonds is 4. The summed E-state index contributed by atoms with van der Waals surface area (Å²) in [7, 11) is 0. The highest BCUT2D eigenvalue weighted by molar-refractivity contribution is 14.1. The summed E-state index contributed by atoms with van der Waals surface area (Å²) >= 11 is 7.95. The van der Waals surface area contributed by atoms with Crippen LogP contribution in [0.2, 0.25) is 5.02 Å². The Kier molecular flexibility index (Phi) is 5.89. The Morgan fingerprint density at radius 1 is 1.17 bits per heavy atom. The van der Waals surface area contributed by atoms with Crippen molar-refractivity contribution in [2.45, 2.75) is 37.8 Å². The van der Waals surface area contributed by atoms with E-state index in [-0.39, 0.29) is 18.1 Å². The largest absolute Gasteiger partial charge is 0.460 e. The molecular weight excluding hydrogens is 441 g/mol. The molecule has 2 aromatic rings. The van der Waals surface area contributed by atoms with E-state index in [1.54, 1.807) is 0 Å². The molecule has 0 unspecified atom stereocenters. The van der Waals surface area contributed by atoms with Crippen LogP contribution in [0.5, 0.6) is 6.01 Å². The topological polar surface area (TPSA) is 64.1 Å². The van der Waals surface area contributed by atoms with Crippen LogP contribution in [0.4, 0.5) is 0 Å². The predicted octanol–water partition coefficient (Wildman–Crippen LogP) is 3.85. The van der Waals surface area contributed by atoms with Crippen LogP contribution in [-0.2, 0) is 0 Å². The van der Waals surface area contributed by atoms with Gasteiger partial charge in [-0.2, -0.15) is 0 Å². The van der Waals surface area contributed by atoms with Crippen LogP contribution in [0, 0.1) is 3.57 Å². The molecule has 0 radical (unpaired) electrons. The summed E-state index contributed by atoms with van der Waals surface area (Å²) < 4.78 is 6.74. The fourth-order valence-electron chi connectivity index (χ4n) is 2.74. The molecule has 0 atom stereocenters. The molecule has 1 heterocycles. The van der Waals surface area contributed by atoms with Gasteiger partial charge in [-0.05, 0) is 60.4 Å². The zero-order valence-electron chi connectivity index (χ0n) is 12.9. The summed E-state index contributed by atoms with van der Waals surface area (Å²) in [5.41, 5.74) is 0.728. The minimum Gasteiger partial charge on any atom is -0.460 e. The Morgan fingerprint density at radius 2 is 1.83 bits per heavy atom. The molecule has 126 valence electrons. The first-order valence-corrected chi connectivity index (χ1v) is 9.27. The van der Waals surface area contributed by atoms with Crippen LogP contribution in [0.1, 0.15) is 36.0 Å². The monoisotopic (exact) mass is 457 g/mol. The van der Waals surface area contributed by atoms with Crippen molar-refractivity contribution < 1.29 is 9.53 Å². The molecule has 0 spiro atoms. The second-order valence-corrected chi connectivity index (χ2v) is 7.33. The molecule has 0 aliphatic heterocycles. The number of benzene rings is 1. The van der Waals surface area contributed by atoms with Crippen molar-refractivity contribution >= 4 is 40.1 Å². The lowest BCUT2D eigenvalue weighted by Crippen LogP contribution is -2.40. The number of ether oxygens (including phenoxy) is 1. The van der Waals surface area contributed by atoms with Crippen molar-refractivity contribution in [3.05, 3.63) is 50.8 Å². The fraction of sp³-hybridized carbons (Fsp3) is 0.353. The standard InChI is InChI=1S/C17H17ClIN3O2/c18-11-9-20-17(21-10-11)24-13-7-5-12(6-8-13)22-16(23)14-3-1-2-4-15(14)19/h1-4,9-10,12-13H,5-8H2,(H,22,23). The zero-order chi connectivity index (χ0) is 16.9. The van der Waals surface area contributed by atoms with Crippen LogP contribution in [0.25, 0.3) is 0 Å². The Morgan fingerprint density at radius 3 is 2.50 bits per heavy atom. The van der Waals surface area contributed by atoms with Gasteiger partial charge in [0.15, 0.2) is 0 Å². The average Bonchev–Trinajstić information content (AvgIpc) is 2.59. The van der Waals surface area contributed by atoms with Crippen molar-refractivity contribution in [1.82, 2.24) is 15.3 Å². The summed E-state index contributed by atoms with van der Waals surface area (Å²) in [6.45, 7) is 0.